The summed E-state index contributed by atoms with van der Waals surface area (Å²) in [6.07, 6.45) is 1.62. The molecule has 0 bridgehead atoms. The molecular formula is C8H10N4. The Hall–Kier alpha value is -1.58. The number of nitrogens with two attached hydrogens (primary N) is 1. The molecule has 0 spiro atoms. The van der Waals surface area contributed by atoms with Crippen LogP contribution in [0.1, 0.15) is 5.69 Å². The second-order valence-electron chi connectivity index (χ2n) is 2.85. The number of pyridine rings is 1. The molecule has 0 radical (unpaired) electrons. The molecule has 2 N–H and O–H groups in total. The van der Waals surface area contributed by atoms with Crippen LogP contribution in [0.25, 0.3) is 11.0 Å². The van der Waals surface area contributed by atoms with Gasteiger partial charge in [-0.05, 0) is 13.0 Å². The Morgan fingerprint density at radius 3 is 3.00 bits per heavy atom. The zero-order chi connectivity index (χ0) is 8.72. The van der Waals surface area contributed by atoms with Crippen molar-refractivity contribution in [3.63, 3.8) is 0 Å². The highest BCUT2D eigenvalue weighted by Gasteiger charge is 2.04. The minimum Gasteiger partial charge on any atom is -0.397 e. The number of aryl methyl sites for hydroxylation is 2. The van der Waals surface area contributed by atoms with Crippen LogP contribution in [-0.4, -0.2) is 14.8 Å². The Bertz CT molecular complexity index is 430. The van der Waals surface area contributed by atoms with Crippen molar-refractivity contribution >= 4 is 16.7 Å². The fourth-order valence-corrected chi connectivity index (χ4v) is 1.21. The maximum absolute atomic E-state index is 5.60. The lowest BCUT2D eigenvalue weighted by Gasteiger charge is -1.92. The van der Waals surface area contributed by atoms with Gasteiger partial charge in [0.1, 0.15) is 0 Å². The third kappa shape index (κ3) is 0.845. The van der Waals surface area contributed by atoms with E-state index < -0.39 is 0 Å². The molecule has 0 saturated carbocycles. The summed E-state index contributed by atoms with van der Waals surface area (Å²) in [6.45, 7) is 2.00. The molecule has 0 fully saturated rings. The van der Waals surface area contributed by atoms with Crippen LogP contribution in [0.15, 0.2) is 12.3 Å². The number of fused-ring (bicyclic) bond motifs is 1. The zero-order valence-corrected chi connectivity index (χ0v) is 7.07. The maximum Gasteiger partial charge on any atom is 0.181 e. The zero-order valence-electron chi connectivity index (χ0n) is 7.07. The van der Waals surface area contributed by atoms with Crippen LogP contribution >= 0.6 is 0 Å². The molecule has 0 aliphatic heterocycles. The smallest absolute Gasteiger partial charge is 0.181 e. The van der Waals surface area contributed by atoms with Crippen LogP contribution < -0.4 is 5.73 Å². The highest BCUT2D eigenvalue weighted by atomic mass is 15.3. The molecule has 0 aliphatic carbocycles. The van der Waals surface area contributed by atoms with E-state index in [0.717, 1.165) is 16.7 Å². The molecular weight excluding hydrogens is 152 g/mol. The van der Waals surface area contributed by atoms with Crippen molar-refractivity contribution in [2.75, 3.05) is 5.73 Å². The van der Waals surface area contributed by atoms with Crippen molar-refractivity contribution < 1.29 is 0 Å². The molecule has 4 heteroatoms. The molecule has 62 valence electrons. The second kappa shape index (κ2) is 2.20. The van der Waals surface area contributed by atoms with Crippen LogP contribution in [0.4, 0.5) is 5.69 Å². The van der Waals surface area contributed by atoms with Crippen LogP contribution in [0.3, 0.4) is 0 Å². The van der Waals surface area contributed by atoms with Crippen LogP contribution in [0, 0.1) is 6.92 Å². The van der Waals surface area contributed by atoms with E-state index in [1.54, 1.807) is 10.9 Å². The van der Waals surface area contributed by atoms with E-state index in [9.17, 15) is 0 Å². The molecule has 2 heterocycles. The van der Waals surface area contributed by atoms with E-state index in [4.69, 9.17) is 5.73 Å². The number of hydrogen-bond acceptors (Lipinski definition) is 3. The first kappa shape index (κ1) is 7.09. The predicted molar refractivity (Wildman–Crippen MR) is 47.7 cm³/mol. The molecule has 0 amide bonds. The van der Waals surface area contributed by atoms with Gasteiger partial charge in [0.15, 0.2) is 5.65 Å². The summed E-state index contributed by atoms with van der Waals surface area (Å²) < 4.78 is 1.80. The number of nitrogen functional groups attached to an aromatic ring is 1. The molecule has 0 unspecified atom stereocenters. The first-order chi connectivity index (χ1) is 5.68. The van der Waals surface area contributed by atoms with Crippen LogP contribution in [0.2, 0.25) is 0 Å². The van der Waals surface area contributed by atoms with Crippen molar-refractivity contribution in [1.29, 1.82) is 0 Å². The topological polar surface area (TPSA) is 56.7 Å². The summed E-state index contributed by atoms with van der Waals surface area (Å²) in [6, 6.07) is 1.89. The summed E-state index contributed by atoms with van der Waals surface area (Å²) >= 11 is 0. The number of hydrogen-bond donors (Lipinski definition) is 1. The average molecular weight is 162 g/mol. The average Bonchev–Trinajstić information content (AvgIpc) is 2.31. The molecule has 0 aromatic carbocycles. The monoisotopic (exact) mass is 162 g/mol. The molecule has 0 saturated heterocycles. The predicted octanol–water partition coefficient (Wildman–Crippen LogP) is 0.859. The first-order valence-electron chi connectivity index (χ1n) is 3.73. The largest absolute Gasteiger partial charge is 0.397 e. The van der Waals surface area contributed by atoms with Gasteiger partial charge in [-0.3, -0.25) is 4.68 Å². The molecule has 2 rings (SSSR count). The van der Waals surface area contributed by atoms with E-state index in [0.29, 0.717) is 5.69 Å². The SMILES string of the molecule is Cc1c2cc(N)cnc2nn1C. The van der Waals surface area contributed by atoms with Gasteiger partial charge in [-0.2, -0.15) is 5.10 Å². The maximum atomic E-state index is 5.60. The lowest BCUT2D eigenvalue weighted by atomic mass is 10.2. The minimum atomic E-state index is 0.679. The Morgan fingerprint density at radius 2 is 2.25 bits per heavy atom. The first-order valence-corrected chi connectivity index (χ1v) is 3.73. The van der Waals surface area contributed by atoms with Crippen molar-refractivity contribution in [3.05, 3.63) is 18.0 Å². The highest BCUT2D eigenvalue weighted by Crippen LogP contribution is 2.16. The summed E-state index contributed by atoms with van der Waals surface area (Å²) in [5.74, 6) is 0. The summed E-state index contributed by atoms with van der Waals surface area (Å²) in [5, 5.41) is 5.23. The summed E-state index contributed by atoms with van der Waals surface area (Å²) in [5.41, 5.74) is 8.12. The van der Waals surface area contributed by atoms with Crippen molar-refractivity contribution in [2.24, 2.45) is 7.05 Å². The normalized spacial score (nSPS) is 10.8. The van der Waals surface area contributed by atoms with Gasteiger partial charge in [-0.1, -0.05) is 0 Å². The molecule has 2 aromatic rings. The second-order valence-corrected chi connectivity index (χ2v) is 2.85. The Morgan fingerprint density at radius 1 is 1.50 bits per heavy atom. The molecule has 4 nitrogen and oxygen atoms in total. The van der Waals surface area contributed by atoms with Crippen LogP contribution in [0.5, 0.6) is 0 Å². The van der Waals surface area contributed by atoms with Gasteiger partial charge in [0, 0.05) is 18.1 Å². The van der Waals surface area contributed by atoms with E-state index in [1.807, 2.05) is 20.0 Å². The number of nitrogens with zero attached hydrogens (tertiary/aromatic N) is 3. The fourth-order valence-electron chi connectivity index (χ4n) is 1.21. The number of aromatic nitrogens is 3. The number of rotatable bonds is 0. The lowest BCUT2D eigenvalue weighted by molar-refractivity contribution is 0.748. The van der Waals surface area contributed by atoms with Gasteiger partial charge in [0.05, 0.1) is 11.9 Å². The van der Waals surface area contributed by atoms with Gasteiger partial charge >= 0.3 is 0 Å². The summed E-state index contributed by atoms with van der Waals surface area (Å²) in [4.78, 5) is 4.11. The standard InChI is InChI=1S/C8H10N4/c1-5-7-3-6(9)4-10-8(7)11-12(5)2/h3-4H,9H2,1-2H3. The third-order valence-corrected chi connectivity index (χ3v) is 2.01. The minimum absolute atomic E-state index is 0.679. The fraction of sp³-hybridized carbons (Fsp3) is 0.250. The van der Waals surface area contributed by atoms with Gasteiger partial charge in [-0.25, -0.2) is 4.98 Å². The Balaban J connectivity index is 2.88. The van der Waals surface area contributed by atoms with Crippen molar-refractivity contribution in [2.45, 2.75) is 6.92 Å². The Labute approximate surface area is 70.0 Å². The van der Waals surface area contributed by atoms with Crippen LogP contribution in [-0.2, 0) is 7.05 Å². The Kier molecular flexibility index (Phi) is 1.30. The molecule has 0 aliphatic rings. The third-order valence-electron chi connectivity index (χ3n) is 2.01. The number of anilines is 1. The van der Waals surface area contributed by atoms with Gasteiger partial charge < -0.3 is 5.73 Å². The lowest BCUT2D eigenvalue weighted by Crippen LogP contribution is -1.91. The molecule has 2 aromatic heterocycles. The van der Waals surface area contributed by atoms with Gasteiger partial charge in [0.25, 0.3) is 0 Å². The molecule has 0 atom stereocenters. The quantitative estimate of drug-likeness (QED) is 0.625. The van der Waals surface area contributed by atoms with Crippen molar-refractivity contribution in [3.8, 4) is 0 Å². The van der Waals surface area contributed by atoms with E-state index in [-0.39, 0.29) is 0 Å². The van der Waals surface area contributed by atoms with Gasteiger partial charge in [-0.15, -0.1) is 0 Å². The van der Waals surface area contributed by atoms with Gasteiger partial charge in [0.2, 0.25) is 0 Å². The van der Waals surface area contributed by atoms with Crippen molar-refractivity contribution in [1.82, 2.24) is 14.8 Å². The van der Waals surface area contributed by atoms with E-state index in [2.05, 4.69) is 10.1 Å². The van der Waals surface area contributed by atoms with E-state index >= 15 is 0 Å². The van der Waals surface area contributed by atoms with E-state index in [1.165, 1.54) is 0 Å². The summed E-state index contributed by atoms with van der Waals surface area (Å²) in [7, 11) is 1.90. The molecule has 12 heavy (non-hydrogen) atoms. The highest BCUT2D eigenvalue weighted by molar-refractivity contribution is 5.80.